The molecule has 0 saturated heterocycles. The molecule has 3 aromatic rings. The Morgan fingerprint density at radius 1 is 1.08 bits per heavy atom. The first-order valence-corrected chi connectivity index (χ1v) is 7.90. The Balaban J connectivity index is 1.75. The van der Waals surface area contributed by atoms with Crippen molar-refractivity contribution in [2.24, 2.45) is 0 Å². The number of amides is 1. The van der Waals surface area contributed by atoms with Crippen LogP contribution in [0, 0.1) is 0 Å². The topological polar surface area (TPSA) is 68.1 Å². The van der Waals surface area contributed by atoms with Crippen LogP contribution in [0.1, 0.15) is 5.56 Å². The highest BCUT2D eigenvalue weighted by Gasteiger charge is 2.12. The Morgan fingerprint density at radius 2 is 1.88 bits per heavy atom. The lowest BCUT2D eigenvalue weighted by molar-refractivity contribution is -0.131. The van der Waals surface area contributed by atoms with Crippen molar-refractivity contribution >= 4 is 5.91 Å². The number of carbonyl (C=O) groups excluding carboxylic acids is 1. The highest BCUT2D eigenvalue weighted by molar-refractivity contribution is 5.75. The van der Waals surface area contributed by atoms with Crippen LogP contribution in [-0.2, 0) is 17.9 Å². The van der Waals surface area contributed by atoms with Gasteiger partial charge in [0.25, 0.3) is 5.56 Å². The Labute approximate surface area is 145 Å². The summed E-state index contributed by atoms with van der Waals surface area (Å²) in [6, 6.07) is 16.4. The quantitative estimate of drug-likeness (QED) is 0.715. The fraction of sp³-hybridized carbons (Fsp3) is 0.158. The van der Waals surface area contributed by atoms with E-state index in [1.165, 1.54) is 10.7 Å². The van der Waals surface area contributed by atoms with E-state index in [2.05, 4.69) is 10.1 Å². The maximum absolute atomic E-state index is 12.4. The van der Waals surface area contributed by atoms with Crippen LogP contribution in [-0.4, -0.2) is 32.6 Å². The fourth-order valence-corrected chi connectivity index (χ4v) is 2.43. The van der Waals surface area contributed by atoms with Gasteiger partial charge in [-0.3, -0.25) is 14.6 Å². The predicted octanol–water partition coefficient (Wildman–Crippen LogP) is 1.96. The summed E-state index contributed by atoms with van der Waals surface area (Å²) < 4.78 is 1.20. The van der Waals surface area contributed by atoms with Gasteiger partial charge in [-0.25, -0.2) is 4.68 Å². The second-order valence-electron chi connectivity index (χ2n) is 5.69. The minimum absolute atomic E-state index is 0.101. The third-order valence-electron chi connectivity index (χ3n) is 3.79. The molecule has 3 rings (SSSR count). The van der Waals surface area contributed by atoms with Gasteiger partial charge in [0.05, 0.1) is 5.69 Å². The predicted molar refractivity (Wildman–Crippen MR) is 94.6 cm³/mol. The number of hydrogen-bond acceptors (Lipinski definition) is 4. The summed E-state index contributed by atoms with van der Waals surface area (Å²) in [6.07, 6.45) is 3.40. The monoisotopic (exact) mass is 334 g/mol. The van der Waals surface area contributed by atoms with E-state index in [1.807, 2.05) is 42.5 Å². The van der Waals surface area contributed by atoms with E-state index >= 15 is 0 Å². The average Bonchev–Trinajstić information content (AvgIpc) is 2.65. The maximum Gasteiger partial charge on any atom is 0.267 e. The van der Waals surface area contributed by atoms with Crippen LogP contribution in [0.3, 0.4) is 0 Å². The molecule has 2 heterocycles. The normalized spacial score (nSPS) is 10.4. The smallest absolute Gasteiger partial charge is 0.267 e. The summed E-state index contributed by atoms with van der Waals surface area (Å²) in [5.74, 6) is -0.191. The summed E-state index contributed by atoms with van der Waals surface area (Å²) in [5.41, 5.74) is 2.18. The van der Waals surface area contributed by atoms with E-state index < -0.39 is 0 Å². The van der Waals surface area contributed by atoms with Crippen LogP contribution < -0.4 is 5.56 Å². The fourth-order valence-electron chi connectivity index (χ4n) is 2.43. The SMILES string of the molecule is CN(Cc1cccnc1)C(=O)Cn1nc(-c2ccccc2)ccc1=O. The van der Waals surface area contributed by atoms with Crippen LogP contribution in [0.25, 0.3) is 11.3 Å². The number of aromatic nitrogens is 3. The van der Waals surface area contributed by atoms with E-state index in [1.54, 1.807) is 30.4 Å². The number of nitrogens with zero attached hydrogens (tertiary/aromatic N) is 4. The van der Waals surface area contributed by atoms with Crippen molar-refractivity contribution in [1.29, 1.82) is 0 Å². The molecular weight excluding hydrogens is 316 g/mol. The van der Waals surface area contributed by atoms with E-state index in [0.29, 0.717) is 12.2 Å². The first-order chi connectivity index (χ1) is 12.1. The summed E-state index contributed by atoms with van der Waals surface area (Å²) in [4.78, 5) is 30.1. The average molecular weight is 334 g/mol. The number of pyridine rings is 1. The minimum atomic E-state index is -0.303. The third-order valence-corrected chi connectivity index (χ3v) is 3.79. The molecular formula is C19H18N4O2. The lowest BCUT2D eigenvalue weighted by Crippen LogP contribution is -2.34. The van der Waals surface area contributed by atoms with E-state index in [0.717, 1.165) is 11.1 Å². The van der Waals surface area contributed by atoms with Crippen molar-refractivity contribution in [1.82, 2.24) is 19.7 Å². The van der Waals surface area contributed by atoms with Gasteiger partial charge in [0.15, 0.2) is 0 Å². The first kappa shape index (κ1) is 16.6. The summed E-state index contributed by atoms with van der Waals surface area (Å²) in [7, 11) is 1.70. The molecule has 0 aliphatic carbocycles. The molecule has 0 fully saturated rings. The number of likely N-dealkylation sites (N-methyl/N-ethyl adjacent to an activating group) is 1. The largest absolute Gasteiger partial charge is 0.340 e. The Kier molecular flexibility index (Phi) is 4.99. The van der Waals surface area contributed by atoms with Gasteiger partial charge in [0, 0.05) is 37.6 Å². The molecule has 0 saturated carbocycles. The summed E-state index contributed by atoms with van der Waals surface area (Å²) in [5, 5.41) is 4.32. The van der Waals surface area contributed by atoms with Gasteiger partial charge in [-0.05, 0) is 17.7 Å². The third kappa shape index (κ3) is 4.17. The molecule has 0 aliphatic rings. The summed E-state index contributed by atoms with van der Waals surface area (Å²) in [6.45, 7) is 0.329. The van der Waals surface area contributed by atoms with Crippen molar-refractivity contribution < 1.29 is 4.79 Å². The van der Waals surface area contributed by atoms with Crippen molar-refractivity contribution in [3.8, 4) is 11.3 Å². The molecule has 2 aromatic heterocycles. The number of rotatable bonds is 5. The van der Waals surface area contributed by atoms with E-state index in [9.17, 15) is 9.59 Å². The van der Waals surface area contributed by atoms with Gasteiger partial charge >= 0.3 is 0 Å². The molecule has 126 valence electrons. The molecule has 0 atom stereocenters. The highest BCUT2D eigenvalue weighted by Crippen LogP contribution is 2.14. The Hall–Kier alpha value is -3.28. The number of hydrogen-bond donors (Lipinski definition) is 0. The van der Waals surface area contributed by atoms with Crippen LogP contribution in [0.2, 0.25) is 0 Å². The molecule has 0 N–H and O–H groups in total. The molecule has 0 spiro atoms. The molecule has 0 unspecified atom stereocenters. The van der Waals surface area contributed by atoms with Crippen molar-refractivity contribution in [3.63, 3.8) is 0 Å². The second kappa shape index (κ2) is 7.53. The highest BCUT2D eigenvalue weighted by atomic mass is 16.2. The Bertz CT molecular complexity index is 907. The van der Waals surface area contributed by atoms with Crippen molar-refractivity contribution in [2.75, 3.05) is 7.05 Å². The van der Waals surface area contributed by atoms with Gasteiger partial charge in [-0.15, -0.1) is 0 Å². The molecule has 6 heteroatoms. The van der Waals surface area contributed by atoms with Crippen molar-refractivity contribution in [2.45, 2.75) is 13.1 Å². The molecule has 1 amide bonds. The standard InChI is InChI=1S/C19H18N4O2/c1-22(13-15-6-5-11-20-12-15)19(25)14-23-18(24)10-9-17(21-23)16-7-3-2-4-8-16/h2-12H,13-14H2,1H3. The zero-order chi connectivity index (χ0) is 17.6. The van der Waals surface area contributed by atoms with E-state index in [4.69, 9.17) is 0 Å². The van der Waals surface area contributed by atoms with Gasteiger partial charge in [0.1, 0.15) is 6.54 Å². The second-order valence-corrected chi connectivity index (χ2v) is 5.69. The molecule has 0 bridgehead atoms. The van der Waals surface area contributed by atoms with Gasteiger partial charge in [-0.1, -0.05) is 36.4 Å². The first-order valence-electron chi connectivity index (χ1n) is 7.90. The zero-order valence-electron chi connectivity index (χ0n) is 13.9. The number of carbonyl (C=O) groups is 1. The Morgan fingerprint density at radius 3 is 2.60 bits per heavy atom. The van der Waals surface area contributed by atoms with Gasteiger partial charge in [0.2, 0.25) is 5.91 Å². The molecule has 0 aliphatic heterocycles. The van der Waals surface area contributed by atoms with E-state index in [-0.39, 0.29) is 18.0 Å². The van der Waals surface area contributed by atoms with Crippen molar-refractivity contribution in [3.05, 3.63) is 82.9 Å². The maximum atomic E-state index is 12.4. The molecule has 25 heavy (non-hydrogen) atoms. The summed E-state index contributed by atoms with van der Waals surface area (Å²) >= 11 is 0. The lowest BCUT2D eigenvalue weighted by Gasteiger charge is -2.17. The van der Waals surface area contributed by atoms with Gasteiger partial charge < -0.3 is 4.90 Å². The number of benzene rings is 1. The zero-order valence-corrected chi connectivity index (χ0v) is 13.9. The minimum Gasteiger partial charge on any atom is -0.340 e. The van der Waals surface area contributed by atoms with Crippen LogP contribution in [0.5, 0.6) is 0 Å². The van der Waals surface area contributed by atoms with Crippen LogP contribution in [0.4, 0.5) is 0 Å². The molecule has 6 nitrogen and oxygen atoms in total. The molecule has 1 aromatic carbocycles. The molecule has 0 radical (unpaired) electrons. The van der Waals surface area contributed by atoms with Crippen LogP contribution >= 0.6 is 0 Å². The van der Waals surface area contributed by atoms with Crippen LogP contribution in [0.15, 0.2) is 71.8 Å². The van der Waals surface area contributed by atoms with Gasteiger partial charge in [-0.2, -0.15) is 5.10 Å². The lowest BCUT2D eigenvalue weighted by atomic mass is 10.1.